The zero-order chi connectivity index (χ0) is 20.4. The standard InChI is InChI=1S/C10H9FN2.C9H12F2N2O.U/c1-2-6-13-10(12)8-4-3-5-9(11)7-8;1-3-4-7(14)6-5-13(2)12-8(6)9(10)11;/h3-5,7H,2H2,1H3;5,9H,3-4H2,1-2H3;/q-2;;+2. The Morgan fingerprint density at radius 2 is 2.04 bits per heavy atom. The van der Waals surface area contributed by atoms with Crippen LogP contribution in [-0.2, 0) is 7.05 Å². The number of aryl methyl sites for hydroxylation is 1. The van der Waals surface area contributed by atoms with Gasteiger partial charge >= 0.3 is 31.1 Å². The summed E-state index contributed by atoms with van der Waals surface area (Å²) in [6.07, 6.45) is 2.78. The number of hydrogen-bond donors (Lipinski definition) is 0. The molecule has 0 spiro atoms. The van der Waals surface area contributed by atoms with Gasteiger partial charge in [-0.05, 0) is 18.6 Å². The van der Waals surface area contributed by atoms with E-state index < -0.39 is 17.9 Å². The van der Waals surface area contributed by atoms with Crippen LogP contribution in [0.1, 0.15) is 61.2 Å². The van der Waals surface area contributed by atoms with E-state index in [9.17, 15) is 23.4 Å². The van der Waals surface area contributed by atoms with Crippen molar-refractivity contribution in [2.75, 3.05) is 0 Å². The smallest absolute Gasteiger partial charge is 0.641 e. The first kappa shape index (κ1) is 26.3. The Hall–Kier alpha value is -1.72. The first-order valence-electron chi connectivity index (χ1n) is 8.40. The monoisotopic (exact) mass is 616 g/mol. The van der Waals surface area contributed by atoms with Crippen LogP contribution in [0.3, 0.4) is 0 Å². The number of amidine groups is 1. The molecule has 0 N–H and O–H groups in total. The molecule has 1 aromatic heterocycles. The number of aliphatic imine (C=N–C) groups is 1. The first-order chi connectivity index (χ1) is 12.8. The van der Waals surface area contributed by atoms with Crippen LogP contribution >= 0.6 is 0 Å². The quantitative estimate of drug-likeness (QED) is 0.202. The SMILES string of the molecule is CCCC(=O)c1cn(C)nc1C(F)F.CC[C-]=NC(=[N-])c1cccc(F)c1.[U+2]. The number of rotatable bonds is 6. The molecule has 0 fully saturated rings. The minimum Gasteiger partial charge on any atom is -0.641 e. The third kappa shape index (κ3) is 8.53. The third-order valence-corrected chi connectivity index (χ3v) is 3.27. The third-order valence-electron chi connectivity index (χ3n) is 3.27. The molecule has 2 aromatic rings. The summed E-state index contributed by atoms with van der Waals surface area (Å²) in [7, 11) is 1.52. The maximum absolute atomic E-state index is 12.7. The fraction of sp³-hybridized carbons (Fsp3) is 0.368. The van der Waals surface area contributed by atoms with Crippen LogP contribution in [0.5, 0.6) is 0 Å². The Morgan fingerprint density at radius 3 is 2.57 bits per heavy atom. The molecule has 0 amide bonds. The maximum Gasteiger partial charge on any atom is 2.00 e. The van der Waals surface area contributed by atoms with Crippen molar-refractivity contribution in [3.63, 3.8) is 0 Å². The van der Waals surface area contributed by atoms with Gasteiger partial charge in [0, 0.05) is 19.7 Å². The molecule has 0 aliphatic carbocycles. The van der Waals surface area contributed by atoms with Crippen LogP contribution in [0.2, 0.25) is 0 Å². The molecule has 0 unspecified atom stereocenters. The van der Waals surface area contributed by atoms with Gasteiger partial charge in [-0.15, -0.1) is 12.0 Å². The van der Waals surface area contributed by atoms with Crippen LogP contribution in [0.4, 0.5) is 13.2 Å². The normalized spacial score (nSPS) is 10.4. The summed E-state index contributed by atoms with van der Waals surface area (Å²) in [4.78, 5) is 15.0. The summed E-state index contributed by atoms with van der Waals surface area (Å²) < 4.78 is 38.7. The summed E-state index contributed by atoms with van der Waals surface area (Å²) in [5.74, 6) is -0.868. The molecule has 0 atom stereocenters. The predicted octanol–water partition coefficient (Wildman–Crippen LogP) is 4.84. The molecule has 28 heavy (non-hydrogen) atoms. The number of carbonyl (C=O) groups excluding carboxylic acids is 1. The summed E-state index contributed by atoms with van der Waals surface area (Å²) in [5.41, 5.74) is -0.00347. The van der Waals surface area contributed by atoms with E-state index in [1.807, 2.05) is 13.8 Å². The number of halogens is 3. The molecule has 0 bridgehead atoms. The molecule has 1 heterocycles. The van der Waals surface area contributed by atoms with Crippen molar-refractivity contribution in [2.45, 2.75) is 39.5 Å². The van der Waals surface area contributed by atoms with Gasteiger partial charge in [-0.2, -0.15) is 5.10 Å². The van der Waals surface area contributed by atoms with E-state index in [2.05, 4.69) is 16.3 Å². The van der Waals surface area contributed by atoms with Gasteiger partial charge in [0.25, 0.3) is 6.43 Å². The fourth-order valence-corrected chi connectivity index (χ4v) is 2.09. The zero-order valence-electron chi connectivity index (χ0n) is 15.9. The summed E-state index contributed by atoms with van der Waals surface area (Å²) in [6.45, 7) is 3.68. The van der Waals surface area contributed by atoms with Crippen molar-refractivity contribution in [1.82, 2.24) is 9.78 Å². The number of ketones is 1. The molecule has 1 aromatic carbocycles. The second-order valence-electron chi connectivity index (χ2n) is 5.53. The van der Waals surface area contributed by atoms with Crippen molar-refractivity contribution >= 4 is 17.8 Å². The fourth-order valence-electron chi connectivity index (χ4n) is 2.09. The van der Waals surface area contributed by atoms with Gasteiger partial charge in [-0.1, -0.05) is 26.0 Å². The Balaban J connectivity index is 0.000000504. The largest absolute Gasteiger partial charge is 2.00 e. The molecule has 2 rings (SSSR count). The van der Waals surface area contributed by atoms with Crippen molar-refractivity contribution in [1.29, 1.82) is 0 Å². The molecule has 0 saturated carbocycles. The van der Waals surface area contributed by atoms with Gasteiger partial charge in [0.2, 0.25) is 0 Å². The minimum absolute atomic E-state index is 0. The van der Waals surface area contributed by atoms with E-state index in [4.69, 9.17) is 0 Å². The Morgan fingerprint density at radius 1 is 1.36 bits per heavy atom. The molecule has 0 radical (unpaired) electrons. The second-order valence-corrected chi connectivity index (χ2v) is 5.53. The topological polar surface area (TPSA) is 69.5 Å². The van der Waals surface area contributed by atoms with Crippen molar-refractivity contribution < 1.29 is 49.1 Å². The van der Waals surface area contributed by atoms with E-state index in [-0.39, 0.29) is 54.7 Å². The predicted molar refractivity (Wildman–Crippen MR) is 99.0 cm³/mol. The molecule has 5 nitrogen and oxygen atoms in total. The molecular weight excluding hydrogens is 595 g/mol. The van der Waals surface area contributed by atoms with E-state index in [0.29, 0.717) is 18.4 Å². The van der Waals surface area contributed by atoms with E-state index >= 15 is 0 Å². The van der Waals surface area contributed by atoms with E-state index in [1.165, 1.54) is 36.1 Å². The van der Waals surface area contributed by atoms with Crippen LogP contribution < -0.4 is 0 Å². The molecule has 0 aliphatic rings. The van der Waals surface area contributed by atoms with Gasteiger partial charge in [0.05, 0.1) is 5.56 Å². The Labute approximate surface area is 186 Å². The number of benzene rings is 1. The van der Waals surface area contributed by atoms with Crippen molar-refractivity contribution in [3.05, 3.63) is 58.5 Å². The van der Waals surface area contributed by atoms with Crippen LogP contribution in [0.15, 0.2) is 35.5 Å². The molecule has 9 heteroatoms. The van der Waals surface area contributed by atoms with Crippen LogP contribution in [0.25, 0.3) is 5.41 Å². The molecule has 0 saturated heterocycles. The number of nitrogens with zero attached hydrogens (tertiary/aromatic N) is 4. The minimum atomic E-state index is -2.69. The number of carbonyl (C=O) groups is 1. The van der Waals surface area contributed by atoms with E-state index in [1.54, 1.807) is 6.07 Å². The van der Waals surface area contributed by atoms with Crippen LogP contribution in [-0.4, -0.2) is 27.6 Å². The Bertz CT molecular complexity index is 806. The molecule has 148 valence electrons. The van der Waals surface area contributed by atoms with Crippen molar-refractivity contribution in [2.24, 2.45) is 12.0 Å². The van der Waals surface area contributed by atoms with E-state index in [0.717, 1.165) is 0 Å². The van der Waals surface area contributed by atoms with Crippen LogP contribution in [0, 0.1) is 36.9 Å². The average Bonchev–Trinajstić information content (AvgIpc) is 3.03. The van der Waals surface area contributed by atoms with Crippen molar-refractivity contribution in [3.8, 4) is 0 Å². The molecule has 0 aliphatic heterocycles. The number of aromatic nitrogens is 2. The van der Waals surface area contributed by atoms with Gasteiger partial charge in [0.15, 0.2) is 5.78 Å². The van der Waals surface area contributed by atoms with Gasteiger partial charge < -0.3 is 16.6 Å². The molecular formula is C19H21F3N4OU. The summed E-state index contributed by atoms with van der Waals surface area (Å²) >= 11 is 0. The summed E-state index contributed by atoms with van der Waals surface area (Å²) in [6, 6.07) is 5.63. The van der Waals surface area contributed by atoms with Gasteiger partial charge in [0.1, 0.15) is 11.5 Å². The Kier molecular flexibility index (Phi) is 12.6. The van der Waals surface area contributed by atoms with Gasteiger partial charge in [-0.3, -0.25) is 9.48 Å². The summed E-state index contributed by atoms with van der Waals surface area (Å²) in [5, 5.41) is 12.9. The number of hydrogen-bond acceptors (Lipinski definition) is 2. The maximum atomic E-state index is 12.7. The number of alkyl halides is 2. The average molecular weight is 616 g/mol. The second kappa shape index (κ2) is 13.5. The first-order valence-corrected chi connectivity index (χ1v) is 8.40. The van der Waals surface area contributed by atoms with Gasteiger partial charge in [-0.25, -0.2) is 19.0 Å². The zero-order valence-corrected chi connectivity index (χ0v) is 20.1. The number of Topliss-reactive ketones (excluding diaryl/α,β-unsaturated/α-hetero) is 1.